The summed E-state index contributed by atoms with van der Waals surface area (Å²) >= 11 is 9.09. The van der Waals surface area contributed by atoms with Crippen LogP contribution in [0.4, 0.5) is 5.69 Å². The first-order valence-corrected chi connectivity index (χ1v) is 6.80. The molecule has 1 aromatic carbocycles. The van der Waals surface area contributed by atoms with Gasteiger partial charge in [-0.15, -0.1) is 0 Å². The lowest BCUT2D eigenvalue weighted by molar-refractivity contribution is -0.385. The van der Waals surface area contributed by atoms with Crippen molar-refractivity contribution in [3.63, 3.8) is 0 Å². The first-order chi connectivity index (χ1) is 9.38. The molecule has 0 aliphatic carbocycles. The fourth-order valence-corrected chi connectivity index (χ4v) is 2.43. The molecule has 5 nitrogen and oxygen atoms in total. The smallest absolute Gasteiger partial charge is 0.276 e. The van der Waals surface area contributed by atoms with Gasteiger partial charge in [-0.25, -0.2) is 4.98 Å². The highest BCUT2D eigenvalue weighted by Crippen LogP contribution is 2.34. The summed E-state index contributed by atoms with van der Waals surface area (Å²) in [4.78, 5) is 14.6. The number of pyridine rings is 1. The fraction of sp³-hybridized carbons (Fsp3) is 0.154. The minimum atomic E-state index is -0.439. The van der Waals surface area contributed by atoms with Crippen molar-refractivity contribution in [3.8, 4) is 11.6 Å². The molecule has 0 aliphatic heterocycles. The predicted molar refractivity (Wildman–Crippen MR) is 79.6 cm³/mol. The summed E-state index contributed by atoms with van der Waals surface area (Å²) in [5.74, 6) is 0.688. The molecule has 0 spiro atoms. The maximum atomic E-state index is 11.0. The van der Waals surface area contributed by atoms with Crippen LogP contribution in [-0.2, 0) is 0 Å². The van der Waals surface area contributed by atoms with Gasteiger partial charge in [-0.05, 0) is 47.5 Å². The van der Waals surface area contributed by atoms with E-state index < -0.39 is 4.92 Å². The van der Waals surface area contributed by atoms with Gasteiger partial charge in [0, 0.05) is 11.8 Å². The molecule has 0 N–H and O–H groups in total. The fourth-order valence-electron chi connectivity index (χ4n) is 1.71. The number of benzene rings is 1. The third-order valence-electron chi connectivity index (χ3n) is 2.67. The highest BCUT2D eigenvalue weighted by Gasteiger charge is 2.16. The number of hydrogen-bond acceptors (Lipinski definition) is 4. The quantitative estimate of drug-likeness (QED) is 0.584. The van der Waals surface area contributed by atoms with E-state index in [0.717, 1.165) is 5.56 Å². The average molecular weight is 358 g/mol. The van der Waals surface area contributed by atoms with E-state index in [2.05, 4.69) is 20.9 Å². The molecule has 2 aromatic rings. The average Bonchev–Trinajstić information content (AvgIpc) is 2.35. The number of nitrogens with zero attached hydrogens (tertiary/aromatic N) is 2. The third kappa shape index (κ3) is 3.08. The number of halogens is 2. The van der Waals surface area contributed by atoms with E-state index in [4.69, 9.17) is 16.3 Å². The lowest BCUT2D eigenvalue weighted by atomic mass is 10.1. The topological polar surface area (TPSA) is 65.3 Å². The van der Waals surface area contributed by atoms with Crippen LogP contribution in [-0.4, -0.2) is 9.91 Å². The summed E-state index contributed by atoms with van der Waals surface area (Å²) in [6.07, 6.45) is 1.44. The molecule has 2 rings (SSSR count). The summed E-state index contributed by atoms with van der Waals surface area (Å²) in [5, 5.41) is 11.4. The summed E-state index contributed by atoms with van der Waals surface area (Å²) in [5.41, 5.74) is 1.38. The molecule has 0 fully saturated rings. The maximum Gasteiger partial charge on any atom is 0.276 e. The molecule has 0 atom stereocenters. The van der Waals surface area contributed by atoms with E-state index >= 15 is 0 Å². The van der Waals surface area contributed by atoms with Crippen LogP contribution >= 0.6 is 27.5 Å². The van der Waals surface area contributed by atoms with E-state index in [0.29, 0.717) is 26.7 Å². The molecule has 0 unspecified atom stereocenters. The highest BCUT2D eigenvalue weighted by atomic mass is 79.9. The van der Waals surface area contributed by atoms with Gasteiger partial charge in [-0.3, -0.25) is 10.1 Å². The zero-order valence-electron chi connectivity index (χ0n) is 10.7. The SMILES string of the molecule is Cc1cc(C)c([N+](=O)[O-])cc1Oc1ncc(Cl)cc1Br. The van der Waals surface area contributed by atoms with Crippen molar-refractivity contribution < 1.29 is 9.66 Å². The number of nitro benzene ring substituents is 1. The zero-order chi connectivity index (χ0) is 14.9. The van der Waals surface area contributed by atoms with Crippen LogP contribution in [0, 0.1) is 24.0 Å². The molecule has 0 amide bonds. The summed E-state index contributed by atoms with van der Waals surface area (Å²) in [6.45, 7) is 3.50. The van der Waals surface area contributed by atoms with Gasteiger partial charge in [0.1, 0.15) is 5.75 Å². The first kappa shape index (κ1) is 14.7. The molecule has 0 aliphatic rings. The number of rotatable bonds is 3. The Morgan fingerprint density at radius 1 is 1.30 bits per heavy atom. The lowest BCUT2D eigenvalue weighted by Crippen LogP contribution is -1.96. The van der Waals surface area contributed by atoms with Gasteiger partial charge < -0.3 is 4.74 Å². The van der Waals surface area contributed by atoms with Crippen LogP contribution in [0.2, 0.25) is 5.02 Å². The van der Waals surface area contributed by atoms with Crippen LogP contribution < -0.4 is 4.74 Å². The van der Waals surface area contributed by atoms with Crippen LogP contribution in [0.25, 0.3) is 0 Å². The molecule has 0 saturated heterocycles. The van der Waals surface area contributed by atoms with Crippen LogP contribution in [0.15, 0.2) is 28.9 Å². The van der Waals surface area contributed by atoms with E-state index in [-0.39, 0.29) is 5.69 Å². The van der Waals surface area contributed by atoms with Crippen LogP contribution in [0.5, 0.6) is 11.6 Å². The van der Waals surface area contributed by atoms with Crippen molar-refractivity contribution in [2.45, 2.75) is 13.8 Å². The molecule has 0 radical (unpaired) electrons. The van der Waals surface area contributed by atoms with Crippen LogP contribution in [0.3, 0.4) is 0 Å². The molecule has 0 saturated carbocycles. The maximum absolute atomic E-state index is 11.0. The predicted octanol–water partition coefficient (Wildman–Crippen LogP) is 4.81. The van der Waals surface area contributed by atoms with Crippen molar-refractivity contribution in [2.75, 3.05) is 0 Å². The molecule has 1 heterocycles. The van der Waals surface area contributed by atoms with Crippen molar-refractivity contribution in [3.05, 3.63) is 55.1 Å². The zero-order valence-corrected chi connectivity index (χ0v) is 13.0. The Balaban J connectivity index is 2.43. The summed E-state index contributed by atoms with van der Waals surface area (Å²) in [7, 11) is 0. The molecule has 104 valence electrons. The van der Waals surface area contributed by atoms with Crippen molar-refractivity contribution in [2.24, 2.45) is 0 Å². The Morgan fingerprint density at radius 3 is 2.60 bits per heavy atom. The minimum absolute atomic E-state index is 0.00989. The van der Waals surface area contributed by atoms with Gasteiger partial charge in [-0.1, -0.05) is 11.6 Å². The Bertz CT molecular complexity index is 692. The highest BCUT2D eigenvalue weighted by molar-refractivity contribution is 9.10. The van der Waals surface area contributed by atoms with Gasteiger partial charge in [0.15, 0.2) is 0 Å². The molecular formula is C13H10BrClN2O3. The normalized spacial score (nSPS) is 10.4. The van der Waals surface area contributed by atoms with Crippen molar-refractivity contribution >= 4 is 33.2 Å². The standard InChI is InChI=1S/C13H10BrClN2O3/c1-7-3-8(2)12(5-11(7)17(18)19)20-13-10(14)4-9(15)6-16-13/h3-6H,1-2H3. The summed E-state index contributed by atoms with van der Waals surface area (Å²) in [6, 6.07) is 4.74. The second kappa shape index (κ2) is 5.76. The Morgan fingerprint density at radius 2 is 2.00 bits per heavy atom. The largest absolute Gasteiger partial charge is 0.437 e. The Labute approximate surface area is 128 Å². The number of hydrogen-bond donors (Lipinski definition) is 0. The van der Waals surface area contributed by atoms with Gasteiger partial charge in [0.2, 0.25) is 5.88 Å². The molecular weight excluding hydrogens is 348 g/mol. The molecule has 7 heteroatoms. The van der Waals surface area contributed by atoms with Crippen molar-refractivity contribution in [1.82, 2.24) is 4.98 Å². The van der Waals surface area contributed by atoms with Gasteiger partial charge in [0.25, 0.3) is 5.69 Å². The van der Waals surface area contributed by atoms with Gasteiger partial charge in [0.05, 0.1) is 20.5 Å². The van der Waals surface area contributed by atoms with E-state index in [1.807, 2.05) is 6.92 Å². The Hall–Kier alpha value is -1.66. The molecule has 1 aromatic heterocycles. The first-order valence-electron chi connectivity index (χ1n) is 5.63. The van der Waals surface area contributed by atoms with Crippen molar-refractivity contribution in [1.29, 1.82) is 0 Å². The second-order valence-corrected chi connectivity index (χ2v) is 5.49. The molecule has 0 bridgehead atoms. The van der Waals surface area contributed by atoms with Gasteiger partial charge >= 0.3 is 0 Å². The van der Waals surface area contributed by atoms with E-state index in [1.165, 1.54) is 12.3 Å². The van der Waals surface area contributed by atoms with E-state index in [1.54, 1.807) is 19.1 Å². The van der Waals surface area contributed by atoms with E-state index in [9.17, 15) is 10.1 Å². The number of aryl methyl sites for hydroxylation is 2. The number of nitro groups is 1. The molecule has 20 heavy (non-hydrogen) atoms. The minimum Gasteiger partial charge on any atom is -0.437 e. The third-order valence-corrected chi connectivity index (χ3v) is 3.45. The Kier molecular flexibility index (Phi) is 4.25. The lowest BCUT2D eigenvalue weighted by Gasteiger charge is -2.10. The monoisotopic (exact) mass is 356 g/mol. The number of ether oxygens (including phenoxy) is 1. The number of aromatic nitrogens is 1. The van der Waals surface area contributed by atoms with Gasteiger partial charge in [-0.2, -0.15) is 0 Å². The second-order valence-electron chi connectivity index (χ2n) is 4.20. The van der Waals surface area contributed by atoms with Crippen LogP contribution in [0.1, 0.15) is 11.1 Å². The summed E-state index contributed by atoms with van der Waals surface area (Å²) < 4.78 is 6.20.